The van der Waals surface area contributed by atoms with Crippen LogP contribution in [-0.4, -0.2) is 34.9 Å². The van der Waals surface area contributed by atoms with E-state index in [-0.39, 0.29) is 18.0 Å². The Bertz CT molecular complexity index is 685. The van der Waals surface area contributed by atoms with Crippen LogP contribution >= 0.6 is 23.4 Å². The van der Waals surface area contributed by atoms with Crippen molar-refractivity contribution in [3.8, 4) is 5.75 Å². The van der Waals surface area contributed by atoms with E-state index in [9.17, 15) is 4.79 Å². The van der Waals surface area contributed by atoms with Gasteiger partial charge in [0.1, 0.15) is 17.1 Å². The summed E-state index contributed by atoms with van der Waals surface area (Å²) in [6.45, 7) is 2.46. The summed E-state index contributed by atoms with van der Waals surface area (Å²) in [6.07, 6.45) is 1.38. The molecule has 0 radical (unpaired) electrons. The van der Waals surface area contributed by atoms with Gasteiger partial charge in [-0.2, -0.15) is 0 Å². The highest BCUT2D eigenvalue weighted by atomic mass is 35.5. The minimum atomic E-state index is -0.522. The van der Waals surface area contributed by atoms with Crippen molar-refractivity contribution in [2.45, 2.75) is 12.1 Å². The smallest absolute Gasteiger partial charge is 0.343 e. The molecule has 23 heavy (non-hydrogen) atoms. The van der Waals surface area contributed by atoms with Crippen molar-refractivity contribution < 1.29 is 14.3 Å². The lowest BCUT2D eigenvalue weighted by Gasteiger charge is -2.07. The van der Waals surface area contributed by atoms with Gasteiger partial charge in [0, 0.05) is 17.0 Å². The summed E-state index contributed by atoms with van der Waals surface area (Å²) in [5.74, 6) is 0.920. The Hall–Kier alpha value is -1.99. The molecular weight excluding hydrogens is 338 g/mol. The van der Waals surface area contributed by atoms with Gasteiger partial charge >= 0.3 is 5.97 Å². The number of nitrogen functional groups attached to an aromatic ring is 1. The molecule has 0 aliphatic heterocycles. The molecule has 2 N–H and O–H groups in total. The standard InChI is InChI=1S/C15H16ClN3O3S/c1-2-21-14(20)12-9-18-15(19-13(12)17)23-7-6-22-11-5-3-4-10(16)8-11/h3-5,8-9H,2,6-7H2,1H3,(H2,17,18,19). The van der Waals surface area contributed by atoms with Crippen molar-refractivity contribution in [1.29, 1.82) is 0 Å². The average Bonchev–Trinajstić information content (AvgIpc) is 2.52. The Morgan fingerprint density at radius 1 is 1.43 bits per heavy atom. The van der Waals surface area contributed by atoms with Gasteiger partial charge in [-0.05, 0) is 25.1 Å². The van der Waals surface area contributed by atoms with Gasteiger partial charge in [0.05, 0.1) is 13.2 Å². The molecule has 0 unspecified atom stereocenters. The van der Waals surface area contributed by atoms with Crippen LogP contribution in [-0.2, 0) is 4.74 Å². The number of esters is 1. The van der Waals surface area contributed by atoms with Crippen LogP contribution in [0.25, 0.3) is 0 Å². The van der Waals surface area contributed by atoms with Crippen LogP contribution in [0.3, 0.4) is 0 Å². The molecule has 0 fully saturated rings. The quantitative estimate of drug-likeness (QED) is 0.354. The Morgan fingerprint density at radius 3 is 2.96 bits per heavy atom. The van der Waals surface area contributed by atoms with Crippen molar-refractivity contribution in [1.82, 2.24) is 9.97 Å². The predicted molar refractivity (Wildman–Crippen MR) is 90.1 cm³/mol. The molecule has 1 aromatic carbocycles. The summed E-state index contributed by atoms with van der Waals surface area (Å²) in [5.41, 5.74) is 5.93. The molecule has 8 heteroatoms. The van der Waals surface area contributed by atoms with Crippen molar-refractivity contribution >= 4 is 35.1 Å². The molecule has 1 heterocycles. The van der Waals surface area contributed by atoms with Gasteiger partial charge in [0.2, 0.25) is 0 Å². The minimum Gasteiger partial charge on any atom is -0.493 e. The van der Waals surface area contributed by atoms with Crippen LogP contribution in [0.5, 0.6) is 5.75 Å². The van der Waals surface area contributed by atoms with Gasteiger partial charge in [-0.25, -0.2) is 14.8 Å². The lowest BCUT2D eigenvalue weighted by atomic mass is 10.3. The number of thioether (sulfide) groups is 1. The number of rotatable bonds is 7. The van der Waals surface area contributed by atoms with E-state index in [0.29, 0.717) is 28.3 Å². The number of nitrogens with two attached hydrogens (primary N) is 1. The molecule has 0 amide bonds. The molecule has 2 rings (SSSR count). The van der Waals surface area contributed by atoms with Gasteiger partial charge < -0.3 is 15.2 Å². The molecule has 122 valence electrons. The predicted octanol–water partition coefficient (Wildman–Crippen LogP) is 3.06. The van der Waals surface area contributed by atoms with Crippen LogP contribution in [0.15, 0.2) is 35.6 Å². The van der Waals surface area contributed by atoms with E-state index in [0.717, 1.165) is 0 Å². The first-order valence-electron chi connectivity index (χ1n) is 6.91. The van der Waals surface area contributed by atoms with E-state index >= 15 is 0 Å². The maximum Gasteiger partial charge on any atom is 0.343 e. The SMILES string of the molecule is CCOC(=O)c1cnc(SCCOc2cccc(Cl)c2)nc1N. The lowest BCUT2D eigenvalue weighted by molar-refractivity contribution is 0.0526. The highest BCUT2D eigenvalue weighted by Gasteiger charge is 2.13. The number of benzene rings is 1. The van der Waals surface area contributed by atoms with Crippen molar-refractivity contribution in [3.05, 3.63) is 41.0 Å². The molecule has 1 aromatic heterocycles. The number of hydrogen-bond acceptors (Lipinski definition) is 7. The highest BCUT2D eigenvalue weighted by Crippen LogP contribution is 2.19. The fourth-order valence-corrected chi connectivity index (χ4v) is 2.48. The maximum atomic E-state index is 11.6. The molecule has 2 aromatic rings. The normalized spacial score (nSPS) is 10.3. The summed E-state index contributed by atoms with van der Waals surface area (Å²) < 4.78 is 10.4. The number of hydrogen-bond donors (Lipinski definition) is 1. The number of aromatic nitrogens is 2. The van der Waals surface area contributed by atoms with E-state index in [1.165, 1.54) is 18.0 Å². The number of nitrogens with zero attached hydrogens (tertiary/aromatic N) is 2. The Morgan fingerprint density at radius 2 is 2.26 bits per heavy atom. The summed E-state index contributed by atoms with van der Waals surface area (Å²) in [5, 5.41) is 1.10. The van der Waals surface area contributed by atoms with Crippen LogP contribution in [0.4, 0.5) is 5.82 Å². The number of anilines is 1. The van der Waals surface area contributed by atoms with E-state index in [1.807, 2.05) is 12.1 Å². The second-order valence-electron chi connectivity index (χ2n) is 4.33. The molecule has 0 atom stereocenters. The van der Waals surface area contributed by atoms with E-state index < -0.39 is 5.97 Å². The molecule has 6 nitrogen and oxygen atoms in total. The number of halogens is 1. The van der Waals surface area contributed by atoms with Crippen molar-refractivity contribution in [2.24, 2.45) is 0 Å². The first kappa shape index (κ1) is 17.4. The van der Waals surface area contributed by atoms with E-state index in [1.54, 1.807) is 19.1 Å². The van der Waals surface area contributed by atoms with Gasteiger partial charge in [0.15, 0.2) is 5.16 Å². The van der Waals surface area contributed by atoms with E-state index in [2.05, 4.69) is 9.97 Å². The van der Waals surface area contributed by atoms with Crippen molar-refractivity contribution in [2.75, 3.05) is 24.7 Å². The lowest BCUT2D eigenvalue weighted by Crippen LogP contribution is -2.11. The molecule has 0 saturated heterocycles. The first-order chi connectivity index (χ1) is 11.1. The van der Waals surface area contributed by atoms with Crippen molar-refractivity contribution in [3.63, 3.8) is 0 Å². The zero-order chi connectivity index (χ0) is 16.7. The van der Waals surface area contributed by atoms with Gasteiger partial charge in [0.25, 0.3) is 0 Å². The molecule has 0 aliphatic rings. The Labute approximate surface area is 143 Å². The topological polar surface area (TPSA) is 87.3 Å². The first-order valence-corrected chi connectivity index (χ1v) is 8.27. The molecule has 0 bridgehead atoms. The monoisotopic (exact) mass is 353 g/mol. The minimum absolute atomic E-state index is 0.108. The van der Waals surface area contributed by atoms with Crippen LogP contribution in [0, 0.1) is 0 Å². The fourth-order valence-electron chi connectivity index (χ4n) is 1.66. The largest absolute Gasteiger partial charge is 0.493 e. The summed E-state index contributed by atoms with van der Waals surface area (Å²) in [7, 11) is 0. The fraction of sp³-hybridized carbons (Fsp3) is 0.267. The molecule has 0 spiro atoms. The zero-order valence-corrected chi connectivity index (χ0v) is 14.1. The Balaban J connectivity index is 1.84. The van der Waals surface area contributed by atoms with Crippen LogP contribution < -0.4 is 10.5 Å². The third-order valence-corrected chi connectivity index (χ3v) is 3.73. The summed E-state index contributed by atoms with van der Waals surface area (Å²) in [4.78, 5) is 19.8. The third kappa shape index (κ3) is 5.30. The number of carbonyl (C=O) groups excluding carboxylic acids is 1. The van der Waals surface area contributed by atoms with E-state index in [4.69, 9.17) is 26.8 Å². The van der Waals surface area contributed by atoms with Gasteiger partial charge in [-0.3, -0.25) is 0 Å². The molecular formula is C15H16ClN3O3S. The Kier molecular flexibility index (Phi) is 6.49. The second-order valence-corrected chi connectivity index (χ2v) is 5.82. The van der Waals surface area contributed by atoms with Gasteiger partial charge in [-0.15, -0.1) is 0 Å². The van der Waals surface area contributed by atoms with Gasteiger partial charge in [-0.1, -0.05) is 29.4 Å². The molecule has 0 aliphatic carbocycles. The second kappa shape index (κ2) is 8.59. The summed E-state index contributed by atoms with van der Waals surface area (Å²) >= 11 is 7.26. The highest BCUT2D eigenvalue weighted by molar-refractivity contribution is 7.99. The number of carbonyl (C=O) groups is 1. The van der Waals surface area contributed by atoms with Crippen LogP contribution in [0.2, 0.25) is 5.02 Å². The molecule has 0 saturated carbocycles. The zero-order valence-electron chi connectivity index (χ0n) is 12.5. The third-order valence-electron chi connectivity index (χ3n) is 2.67. The average molecular weight is 354 g/mol. The van der Waals surface area contributed by atoms with Crippen LogP contribution in [0.1, 0.15) is 17.3 Å². The summed E-state index contributed by atoms with van der Waals surface area (Å²) in [6, 6.07) is 7.18. The maximum absolute atomic E-state index is 11.6. The number of ether oxygens (including phenoxy) is 2.